The van der Waals surface area contributed by atoms with Crippen molar-refractivity contribution < 1.29 is 14.3 Å². The van der Waals surface area contributed by atoms with Gasteiger partial charge in [-0.05, 0) is 30.7 Å². The lowest BCUT2D eigenvalue weighted by atomic mass is 10.1. The summed E-state index contributed by atoms with van der Waals surface area (Å²) in [6.45, 7) is 5.15. The lowest BCUT2D eigenvalue weighted by Crippen LogP contribution is -2.40. The van der Waals surface area contributed by atoms with Gasteiger partial charge >= 0.3 is 0 Å². The van der Waals surface area contributed by atoms with Crippen LogP contribution in [0.25, 0.3) is 0 Å². The molecule has 0 bridgehead atoms. The predicted octanol–water partition coefficient (Wildman–Crippen LogP) is 1.95. The summed E-state index contributed by atoms with van der Waals surface area (Å²) in [6, 6.07) is 7.17. The summed E-state index contributed by atoms with van der Waals surface area (Å²) in [5, 5.41) is 0. The highest BCUT2D eigenvalue weighted by Gasteiger charge is 2.25. The van der Waals surface area contributed by atoms with Crippen LogP contribution in [-0.4, -0.2) is 60.5 Å². The van der Waals surface area contributed by atoms with E-state index in [0.717, 1.165) is 6.42 Å². The normalized spacial score (nSPS) is 20.8. The first-order valence-electron chi connectivity index (χ1n) is 8.15. The topological polar surface area (TPSA) is 49.9 Å². The Bertz CT molecular complexity index is 603. The van der Waals surface area contributed by atoms with Crippen LogP contribution < -0.4 is 0 Å². The van der Waals surface area contributed by atoms with Gasteiger partial charge in [0.15, 0.2) is 0 Å². The fourth-order valence-corrected chi connectivity index (χ4v) is 3.03. The van der Waals surface area contributed by atoms with Gasteiger partial charge in [0, 0.05) is 30.8 Å². The standard InChI is InChI=1S/C18H22N2O3/c1-2-16-4-3-9-20(16)18(22)15-7-5-14(6-8-15)17(21)19-10-12-23-13-11-19/h3-8,16H,2,9-13H2,1H3/t16-/m0/s1. The van der Waals surface area contributed by atoms with Gasteiger partial charge in [-0.15, -0.1) is 0 Å². The van der Waals surface area contributed by atoms with Gasteiger partial charge < -0.3 is 14.5 Å². The molecule has 1 saturated heterocycles. The van der Waals surface area contributed by atoms with Crippen molar-refractivity contribution in [2.45, 2.75) is 19.4 Å². The smallest absolute Gasteiger partial charge is 0.254 e. The van der Waals surface area contributed by atoms with E-state index in [4.69, 9.17) is 4.74 Å². The molecule has 2 aliphatic heterocycles. The number of amides is 2. The van der Waals surface area contributed by atoms with Crippen molar-refractivity contribution in [2.75, 3.05) is 32.8 Å². The van der Waals surface area contributed by atoms with E-state index in [0.29, 0.717) is 44.0 Å². The van der Waals surface area contributed by atoms with Gasteiger partial charge in [-0.3, -0.25) is 9.59 Å². The Morgan fingerprint density at radius 2 is 1.70 bits per heavy atom. The third-order valence-corrected chi connectivity index (χ3v) is 4.42. The second-order valence-electron chi connectivity index (χ2n) is 5.84. The van der Waals surface area contributed by atoms with Crippen LogP contribution in [0, 0.1) is 0 Å². The maximum absolute atomic E-state index is 12.6. The summed E-state index contributed by atoms with van der Waals surface area (Å²) in [6.07, 6.45) is 5.02. The van der Waals surface area contributed by atoms with E-state index in [9.17, 15) is 9.59 Å². The maximum atomic E-state index is 12.6. The summed E-state index contributed by atoms with van der Waals surface area (Å²) in [5.41, 5.74) is 1.25. The van der Waals surface area contributed by atoms with Gasteiger partial charge in [0.1, 0.15) is 0 Å². The molecule has 1 aromatic carbocycles. The van der Waals surface area contributed by atoms with Crippen molar-refractivity contribution in [3.05, 3.63) is 47.5 Å². The number of hydrogen-bond donors (Lipinski definition) is 0. The molecule has 23 heavy (non-hydrogen) atoms. The molecule has 0 aromatic heterocycles. The molecule has 5 heteroatoms. The first kappa shape index (κ1) is 15.7. The number of rotatable bonds is 3. The fraction of sp³-hybridized carbons (Fsp3) is 0.444. The third-order valence-electron chi connectivity index (χ3n) is 4.42. The highest BCUT2D eigenvalue weighted by molar-refractivity contribution is 5.98. The van der Waals surface area contributed by atoms with E-state index in [1.54, 1.807) is 29.2 Å². The highest BCUT2D eigenvalue weighted by atomic mass is 16.5. The summed E-state index contributed by atoms with van der Waals surface area (Å²) in [5.74, 6) is 0.0220. The monoisotopic (exact) mass is 314 g/mol. The number of carbonyl (C=O) groups is 2. The zero-order valence-electron chi connectivity index (χ0n) is 13.4. The Morgan fingerprint density at radius 3 is 2.30 bits per heavy atom. The molecule has 0 unspecified atom stereocenters. The van der Waals surface area contributed by atoms with Crippen molar-refractivity contribution in [1.29, 1.82) is 0 Å². The third kappa shape index (κ3) is 3.29. The fourth-order valence-electron chi connectivity index (χ4n) is 3.03. The minimum Gasteiger partial charge on any atom is -0.378 e. The molecular formula is C18H22N2O3. The zero-order valence-corrected chi connectivity index (χ0v) is 13.4. The van der Waals surface area contributed by atoms with Crippen LogP contribution in [0.5, 0.6) is 0 Å². The number of ether oxygens (including phenoxy) is 1. The molecule has 0 radical (unpaired) electrons. The van der Waals surface area contributed by atoms with E-state index < -0.39 is 0 Å². The largest absolute Gasteiger partial charge is 0.378 e. The predicted molar refractivity (Wildman–Crippen MR) is 87.4 cm³/mol. The van der Waals surface area contributed by atoms with E-state index >= 15 is 0 Å². The van der Waals surface area contributed by atoms with Gasteiger partial charge in [0.25, 0.3) is 11.8 Å². The Balaban J connectivity index is 1.69. The van der Waals surface area contributed by atoms with Crippen molar-refractivity contribution >= 4 is 11.8 Å². The van der Waals surface area contributed by atoms with E-state index in [2.05, 4.69) is 13.0 Å². The average Bonchev–Trinajstić information content (AvgIpc) is 3.10. The van der Waals surface area contributed by atoms with Crippen LogP contribution in [-0.2, 0) is 4.74 Å². The summed E-state index contributed by atoms with van der Waals surface area (Å²) < 4.78 is 5.26. The minimum atomic E-state index is 0.00146. The van der Waals surface area contributed by atoms with E-state index in [1.807, 2.05) is 11.0 Å². The molecule has 2 aliphatic rings. The average molecular weight is 314 g/mol. The zero-order chi connectivity index (χ0) is 16.2. The molecule has 1 aromatic rings. The number of nitrogens with zero attached hydrogens (tertiary/aromatic N) is 2. The Hall–Kier alpha value is -2.14. The molecule has 122 valence electrons. The van der Waals surface area contributed by atoms with Crippen molar-refractivity contribution in [2.24, 2.45) is 0 Å². The van der Waals surface area contributed by atoms with Gasteiger partial charge in [0.05, 0.1) is 19.3 Å². The second-order valence-corrected chi connectivity index (χ2v) is 5.84. The summed E-state index contributed by atoms with van der Waals surface area (Å²) in [4.78, 5) is 28.6. The molecule has 0 N–H and O–H groups in total. The number of benzene rings is 1. The number of hydrogen-bond acceptors (Lipinski definition) is 3. The molecule has 0 spiro atoms. The summed E-state index contributed by atoms with van der Waals surface area (Å²) >= 11 is 0. The SMILES string of the molecule is CC[C@H]1C=CCN1C(=O)c1ccc(C(=O)N2CCOCC2)cc1. The van der Waals surface area contributed by atoms with Crippen LogP contribution in [0.4, 0.5) is 0 Å². The molecular weight excluding hydrogens is 292 g/mol. The van der Waals surface area contributed by atoms with Crippen LogP contribution >= 0.6 is 0 Å². The maximum Gasteiger partial charge on any atom is 0.254 e. The van der Waals surface area contributed by atoms with Crippen LogP contribution in [0.3, 0.4) is 0 Å². The minimum absolute atomic E-state index is 0.00146. The first-order chi connectivity index (χ1) is 11.2. The molecule has 2 amide bonds. The molecule has 3 rings (SSSR count). The Kier molecular flexibility index (Phi) is 4.76. The quantitative estimate of drug-likeness (QED) is 0.801. The molecule has 1 fully saturated rings. The molecule has 0 saturated carbocycles. The Morgan fingerprint density at radius 1 is 1.09 bits per heavy atom. The molecule has 0 aliphatic carbocycles. The molecule has 2 heterocycles. The van der Waals surface area contributed by atoms with Gasteiger partial charge in [-0.25, -0.2) is 0 Å². The number of carbonyl (C=O) groups excluding carboxylic acids is 2. The van der Waals surface area contributed by atoms with Gasteiger partial charge in [0.2, 0.25) is 0 Å². The highest BCUT2D eigenvalue weighted by Crippen LogP contribution is 2.18. The van der Waals surface area contributed by atoms with Crippen molar-refractivity contribution in [3.8, 4) is 0 Å². The second kappa shape index (κ2) is 6.96. The van der Waals surface area contributed by atoms with Crippen molar-refractivity contribution in [1.82, 2.24) is 9.80 Å². The number of morpholine rings is 1. The van der Waals surface area contributed by atoms with Crippen LogP contribution in [0.1, 0.15) is 34.1 Å². The lowest BCUT2D eigenvalue weighted by Gasteiger charge is -2.27. The van der Waals surface area contributed by atoms with E-state index in [-0.39, 0.29) is 17.9 Å². The first-order valence-corrected chi connectivity index (χ1v) is 8.15. The Labute approximate surface area is 136 Å². The lowest BCUT2D eigenvalue weighted by molar-refractivity contribution is 0.0303. The van der Waals surface area contributed by atoms with Crippen molar-refractivity contribution in [3.63, 3.8) is 0 Å². The van der Waals surface area contributed by atoms with Crippen LogP contribution in [0.15, 0.2) is 36.4 Å². The molecule has 1 atom stereocenters. The van der Waals surface area contributed by atoms with Gasteiger partial charge in [-0.2, -0.15) is 0 Å². The van der Waals surface area contributed by atoms with E-state index in [1.165, 1.54) is 0 Å². The molecule has 5 nitrogen and oxygen atoms in total. The summed E-state index contributed by atoms with van der Waals surface area (Å²) in [7, 11) is 0. The van der Waals surface area contributed by atoms with Crippen LogP contribution in [0.2, 0.25) is 0 Å². The van der Waals surface area contributed by atoms with Gasteiger partial charge in [-0.1, -0.05) is 19.1 Å².